The van der Waals surface area contributed by atoms with E-state index in [1.54, 1.807) is 0 Å². The number of H-pyrrole nitrogens is 1. The number of aromatic amines is 1. The van der Waals surface area contributed by atoms with E-state index in [2.05, 4.69) is 68.9 Å². The minimum Gasteiger partial charge on any atom is -0.369 e. The van der Waals surface area contributed by atoms with E-state index in [1.165, 1.54) is 5.69 Å². The third-order valence-corrected chi connectivity index (χ3v) is 5.13. The summed E-state index contributed by atoms with van der Waals surface area (Å²) >= 11 is 0. The molecule has 5 nitrogen and oxygen atoms in total. The van der Waals surface area contributed by atoms with E-state index in [9.17, 15) is 0 Å². The molecule has 0 saturated carbocycles. The predicted octanol–water partition coefficient (Wildman–Crippen LogP) is 3.70. The van der Waals surface area contributed by atoms with Gasteiger partial charge in [-0.1, -0.05) is 42.5 Å². The molecular weight excluding hydrogens is 334 g/mol. The maximum atomic E-state index is 4.73. The molecule has 1 aliphatic heterocycles. The Morgan fingerprint density at radius 3 is 2.33 bits per heavy atom. The summed E-state index contributed by atoms with van der Waals surface area (Å²) in [6, 6.07) is 23.1. The number of aromatic nitrogens is 3. The van der Waals surface area contributed by atoms with Gasteiger partial charge >= 0.3 is 0 Å². The molecule has 2 aromatic heterocycles. The molecule has 0 atom stereocenters. The van der Waals surface area contributed by atoms with Gasteiger partial charge in [-0.3, -0.25) is 5.10 Å². The molecule has 134 valence electrons. The Bertz CT molecular complexity index is 1050. The van der Waals surface area contributed by atoms with Crippen molar-refractivity contribution < 1.29 is 0 Å². The fourth-order valence-electron chi connectivity index (χ4n) is 3.65. The molecular formula is C22H21N5. The Morgan fingerprint density at radius 2 is 1.56 bits per heavy atom. The van der Waals surface area contributed by atoms with Crippen LogP contribution < -0.4 is 10.2 Å². The number of benzene rings is 2. The second-order valence-corrected chi connectivity index (χ2v) is 6.82. The van der Waals surface area contributed by atoms with E-state index >= 15 is 0 Å². The third kappa shape index (κ3) is 3.06. The Hall–Kier alpha value is -3.18. The van der Waals surface area contributed by atoms with Gasteiger partial charge in [-0.05, 0) is 24.3 Å². The first-order chi connectivity index (χ1) is 13.4. The number of nitrogens with zero attached hydrogens (tertiary/aromatic N) is 3. The maximum absolute atomic E-state index is 4.73. The lowest BCUT2D eigenvalue weighted by Gasteiger charge is -2.29. The Labute approximate surface area is 158 Å². The zero-order chi connectivity index (χ0) is 18.1. The summed E-state index contributed by atoms with van der Waals surface area (Å²) < 4.78 is 0. The number of pyridine rings is 1. The summed E-state index contributed by atoms with van der Waals surface area (Å²) in [5.41, 5.74) is 6.21. The van der Waals surface area contributed by atoms with Gasteiger partial charge < -0.3 is 10.2 Å². The third-order valence-electron chi connectivity index (χ3n) is 5.13. The average Bonchev–Trinajstić information content (AvgIpc) is 3.18. The van der Waals surface area contributed by atoms with E-state index in [-0.39, 0.29) is 0 Å². The van der Waals surface area contributed by atoms with Crippen molar-refractivity contribution in [3.8, 4) is 22.5 Å². The molecule has 5 rings (SSSR count). The number of hydrogen-bond acceptors (Lipinski definition) is 4. The number of anilines is 1. The average molecular weight is 355 g/mol. The number of piperazine rings is 1. The summed E-state index contributed by atoms with van der Waals surface area (Å²) in [7, 11) is 0. The first-order valence-corrected chi connectivity index (χ1v) is 9.35. The SMILES string of the molecule is c1ccc(-c2ccc3c(-c4ccc(N5CCNCC5)cc4)[nH]nc3n2)cc1. The van der Waals surface area contributed by atoms with Crippen LogP contribution in [0.1, 0.15) is 0 Å². The fourth-order valence-corrected chi connectivity index (χ4v) is 3.65. The number of fused-ring (bicyclic) bond motifs is 1. The first-order valence-electron chi connectivity index (χ1n) is 9.35. The Morgan fingerprint density at radius 1 is 0.778 bits per heavy atom. The second kappa shape index (κ2) is 6.85. The molecule has 3 heterocycles. The van der Waals surface area contributed by atoms with Gasteiger partial charge in [0.05, 0.1) is 11.4 Å². The van der Waals surface area contributed by atoms with Crippen LogP contribution in [0.25, 0.3) is 33.5 Å². The van der Waals surface area contributed by atoms with Crippen LogP contribution in [0, 0.1) is 0 Å². The topological polar surface area (TPSA) is 56.8 Å². The highest BCUT2D eigenvalue weighted by atomic mass is 15.2. The van der Waals surface area contributed by atoms with Crippen molar-refractivity contribution in [1.29, 1.82) is 0 Å². The van der Waals surface area contributed by atoms with Crippen LogP contribution in [-0.4, -0.2) is 41.4 Å². The molecule has 27 heavy (non-hydrogen) atoms. The number of hydrogen-bond donors (Lipinski definition) is 2. The van der Waals surface area contributed by atoms with Crippen LogP contribution in [0.15, 0.2) is 66.7 Å². The van der Waals surface area contributed by atoms with Gasteiger partial charge in [0.25, 0.3) is 0 Å². The zero-order valence-corrected chi connectivity index (χ0v) is 15.0. The van der Waals surface area contributed by atoms with Crippen molar-refractivity contribution in [3.63, 3.8) is 0 Å². The van der Waals surface area contributed by atoms with Crippen LogP contribution in [0.5, 0.6) is 0 Å². The molecule has 1 saturated heterocycles. The van der Waals surface area contributed by atoms with Gasteiger partial charge in [0.2, 0.25) is 0 Å². The molecule has 0 bridgehead atoms. The van der Waals surface area contributed by atoms with Gasteiger partial charge in [-0.25, -0.2) is 4.98 Å². The molecule has 5 heteroatoms. The van der Waals surface area contributed by atoms with Crippen molar-refractivity contribution in [3.05, 3.63) is 66.7 Å². The van der Waals surface area contributed by atoms with Crippen LogP contribution in [-0.2, 0) is 0 Å². The van der Waals surface area contributed by atoms with Crippen molar-refractivity contribution in [1.82, 2.24) is 20.5 Å². The van der Waals surface area contributed by atoms with Crippen molar-refractivity contribution >= 4 is 16.7 Å². The Kier molecular flexibility index (Phi) is 4.07. The number of rotatable bonds is 3. The van der Waals surface area contributed by atoms with Crippen molar-refractivity contribution in [2.75, 3.05) is 31.1 Å². The van der Waals surface area contributed by atoms with Crippen LogP contribution >= 0.6 is 0 Å². The van der Waals surface area contributed by atoms with Gasteiger partial charge in [0, 0.05) is 48.4 Å². The molecule has 0 radical (unpaired) electrons. The molecule has 0 unspecified atom stereocenters. The van der Waals surface area contributed by atoms with Crippen LogP contribution in [0.3, 0.4) is 0 Å². The second-order valence-electron chi connectivity index (χ2n) is 6.82. The summed E-state index contributed by atoms with van der Waals surface area (Å²) in [5, 5.41) is 12.0. The van der Waals surface area contributed by atoms with Gasteiger partial charge in [-0.15, -0.1) is 0 Å². The normalized spacial score (nSPS) is 14.6. The van der Waals surface area contributed by atoms with E-state index < -0.39 is 0 Å². The fraction of sp³-hybridized carbons (Fsp3) is 0.182. The lowest BCUT2D eigenvalue weighted by Crippen LogP contribution is -2.43. The van der Waals surface area contributed by atoms with Gasteiger partial charge in [0.15, 0.2) is 5.65 Å². The van der Waals surface area contributed by atoms with E-state index in [0.717, 1.165) is 59.7 Å². The largest absolute Gasteiger partial charge is 0.369 e. The predicted molar refractivity (Wildman–Crippen MR) is 110 cm³/mol. The minimum atomic E-state index is 0.748. The smallest absolute Gasteiger partial charge is 0.182 e. The summed E-state index contributed by atoms with van der Waals surface area (Å²) in [6.07, 6.45) is 0. The van der Waals surface area contributed by atoms with Crippen LogP contribution in [0.4, 0.5) is 5.69 Å². The van der Waals surface area contributed by atoms with Crippen LogP contribution in [0.2, 0.25) is 0 Å². The monoisotopic (exact) mass is 355 g/mol. The highest BCUT2D eigenvalue weighted by molar-refractivity contribution is 5.92. The molecule has 0 amide bonds. The summed E-state index contributed by atoms with van der Waals surface area (Å²) in [4.78, 5) is 7.14. The van der Waals surface area contributed by atoms with E-state index in [1.807, 2.05) is 18.2 Å². The quantitative estimate of drug-likeness (QED) is 0.588. The first kappa shape index (κ1) is 16.0. The molecule has 2 aromatic carbocycles. The minimum absolute atomic E-state index is 0.748. The van der Waals surface area contributed by atoms with E-state index in [4.69, 9.17) is 4.98 Å². The van der Waals surface area contributed by atoms with Crippen molar-refractivity contribution in [2.24, 2.45) is 0 Å². The lowest BCUT2D eigenvalue weighted by molar-refractivity contribution is 0.589. The van der Waals surface area contributed by atoms with Gasteiger partial charge in [0.1, 0.15) is 0 Å². The molecule has 1 aliphatic rings. The molecule has 1 fully saturated rings. The number of nitrogens with one attached hydrogen (secondary N) is 2. The maximum Gasteiger partial charge on any atom is 0.182 e. The lowest BCUT2D eigenvalue weighted by atomic mass is 10.1. The highest BCUT2D eigenvalue weighted by Crippen LogP contribution is 2.29. The summed E-state index contributed by atoms with van der Waals surface area (Å²) in [5.74, 6) is 0. The molecule has 4 aromatic rings. The van der Waals surface area contributed by atoms with Crippen molar-refractivity contribution in [2.45, 2.75) is 0 Å². The highest BCUT2D eigenvalue weighted by Gasteiger charge is 2.13. The zero-order valence-electron chi connectivity index (χ0n) is 15.0. The molecule has 0 aliphatic carbocycles. The van der Waals surface area contributed by atoms with E-state index in [0.29, 0.717) is 0 Å². The molecule has 0 spiro atoms. The summed E-state index contributed by atoms with van der Waals surface area (Å²) in [6.45, 7) is 4.20. The Balaban J connectivity index is 1.46. The van der Waals surface area contributed by atoms with Gasteiger partial charge in [-0.2, -0.15) is 5.10 Å². The molecule has 2 N–H and O–H groups in total. The standard InChI is InChI=1S/C22H21N5/c1-2-4-16(5-3-1)20-11-10-19-21(25-26-22(19)24-20)17-6-8-18(9-7-17)27-14-12-23-13-15-27/h1-11,23H,12-15H2,(H,24,25,26).